The average molecular weight is 168 g/mol. The van der Waals surface area contributed by atoms with E-state index in [0.29, 0.717) is 12.5 Å². The summed E-state index contributed by atoms with van der Waals surface area (Å²) in [7, 11) is 1.91. The lowest BCUT2D eigenvalue weighted by atomic mass is 10.1. The average Bonchev–Trinajstić information content (AvgIpc) is 2.32. The van der Waals surface area contributed by atoms with E-state index in [1.54, 1.807) is 4.68 Å². The summed E-state index contributed by atoms with van der Waals surface area (Å²) in [4.78, 5) is 0. The van der Waals surface area contributed by atoms with E-state index in [4.69, 9.17) is 4.74 Å². The van der Waals surface area contributed by atoms with Gasteiger partial charge >= 0.3 is 0 Å². The zero-order valence-electron chi connectivity index (χ0n) is 8.16. The molecule has 1 aromatic heterocycles. The highest BCUT2D eigenvalue weighted by Crippen LogP contribution is 2.23. The van der Waals surface area contributed by atoms with Gasteiger partial charge < -0.3 is 4.74 Å². The Labute approximate surface area is 73.3 Å². The first-order valence-electron chi connectivity index (χ1n) is 4.31. The Morgan fingerprint density at radius 2 is 2.25 bits per heavy atom. The SMILES string of the molecule is CCOc1nn(C)cc1C(C)C. The monoisotopic (exact) mass is 168 g/mol. The molecular weight excluding hydrogens is 152 g/mol. The molecule has 1 aromatic rings. The standard InChI is InChI=1S/C9H16N2O/c1-5-12-9-8(7(2)3)6-11(4)10-9/h6-7H,5H2,1-4H3. The number of aromatic nitrogens is 2. The van der Waals surface area contributed by atoms with Gasteiger partial charge in [-0.3, -0.25) is 4.68 Å². The molecule has 12 heavy (non-hydrogen) atoms. The first-order chi connectivity index (χ1) is 5.65. The van der Waals surface area contributed by atoms with Crippen molar-refractivity contribution in [1.29, 1.82) is 0 Å². The van der Waals surface area contributed by atoms with Crippen molar-refractivity contribution in [1.82, 2.24) is 9.78 Å². The highest BCUT2D eigenvalue weighted by molar-refractivity contribution is 5.26. The van der Waals surface area contributed by atoms with Crippen molar-refractivity contribution >= 4 is 0 Å². The fourth-order valence-corrected chi connectivity index (χ4v) is 1.13. The largest absolute Gasteiger partial charge is 0.477 e. The van der Waals surface area contributed by atoms with Gasteiger partial charge in [-0.15, -0.1) is 5.10 Å². The summed E-state index contributed by atoms with van der Waals surface area (Å²) >= 11 is 0. The van der Waals surface area contributed by atoms with Gasteiger partial charge in [0.05, 0.1) is 6.61 Å². The van der Waals surface area contributed by atoms with Gasteiger partial charge in [-0.2, -0.15) is 0 Å². The normalized spacial score (nSPS) is 10.8. The Balaban J connectivity index is 2.92. The predicted octanol–water partition coefficient (Wildman–Crippen LogP) is 1.94. The van der Waals surface area contributed by atoms with Crippen molar-refractivity contribution in [2.45, 2.75) is 26.7 Å². The lowest BCUT2D eigenvalue weighted by Gasteiger charge is -2.04. The lowest BCUT2D eigenvalue weighted by molar-refractivity contribution is 0.319. The van der Waals surface area contributed by atoms with Crippen molar-refractivity contribution in [2.75, 3.05) is 6.61 Å². The van der Waals surface area contributed by atoms with Crippen molar-refractivity contribution in [3.05, 3.63) is 11.8 Å². The van der Waals surface area contributed by atoms with E-state index < -0.39 is 0 Å². The Morgan fingerprint density at radius 3 is 2.75 bits per heavy atom. The number of ether oxygens (including phenoxy) is 1. The molecule has 68 valence electrons. The molecule has 0 saturated carbocycles. The van der Waals surface area contributed by atoms with Gasteiger partial charge in [0.2, 0.25) is 5.88 Å². The van der Waals surface area contributed by atoms with Crippen LogP contribution in [0, 0.1) is 0 Å². The molecule has 0 aliphatic rings. The molecule has 3 nitrogen and oxygen atoms in total. The van der Waals surface area contributed by atoms with Crippen molar-refractivity contribution in [3.8, 4) is 5.88 Å². The molecule has 0 bridgehead atoms. The maximum Gasteiger partial charge on any atom is 0.236 e. The minimum Gasteiger partial charge on any atom is -0.477 e. The minimum absolute atomic E-state index is 0.472. The molecule has 1 rings (SSSR count). The van der Waals surface area contributed by atoms with E-state index in [0.717, 1.165) is 5.88 Å². The molecule has 0 N–H and O–H groups in total. The van der Waals surface area contributed by atoms with Gasteiger partial charge in [-0.25, -0.2) is 0 Å². The molecule has 0 aliphatic heterocycles. The van der Waals surface area contributed by atoms with Crippen LogP contribution in [0.1, 0.15) is 32.3 Å². The zero-order chi connectivity index (χ0) is 9.14. The summed E-state index contributed by atoms with van der Waals surface area (Å²) in [6, 6.07) is 0. The molecule has 0 spiro atoms. The quantitative estimate of drug-likeness (QED) is 0.689. The van der Waals surface area contributed by atoms with Gasteiger partial charge in [0.1, 0.15) is 0 Å². The maximum absolute atomic E-state index is 5.39. The summed E-state index contributed by atoms with van der Waals surface area (Å²) < 4.78 is 7.18. The van der Waals surface area contributed by atoms with Crippen molar-refractivity contribution in [2.24, 2.45) is 7.05 Å². The fourth-order valence-electron chi connectivity index (χ4n) is 1.13. The third kappa shape index (κ3) is 1.78. The molecule has 0 aliphatic carbocycles. The minimum atomic E-state index is 0.472. The Kier molecular flexibility index (Phi) is 2.74. The molecule has 1 heterocycles. The van der Waals surface area contributed by atoms with E-state index in [2.05, 4.69) is 18.9 Å². The van der Waals surface area contributed by atoms with Crippen molar-refractivity contribution < 1.29 is 4.74 Å². The van der Waals surface area contributed by atoms with Crippen LogP contribution in [0.4, 0.5) is 0 Å². The first-order valence-corrected chi connectivity index (χ1v) is 4.31. The second-order valence-electron chi connectivity index (χ2n) is 3.15. The smallest absolute Gasteiger partial charge is 0.236 e. The van der Waals surface area contributed by atoms with Crippen LogP contribution in [0.2, 0.25) is 0 Å². The molecule has 0 saturated heterocycles. The second kappa shape index (κ2) is 3.61. The van der Waals surface area contributed by atoms with Crippen LogP contribution in [-0.2, 0) is 7.05 Å². The first kappa shape index (κ1) is 9.10. The van der Waals surface area contributed by atoms with Crippen LogP contribution in [0.3, 0.4) is 0 Å². The molecule has 0 fully saturated rings. The molecule has 3 heteroatoms. The molecule has 0 aromatic carbocycles. The summed E-state index contributed by atoms with van der Waals surface area (Å²) in [5.41, 5.74) is 1.18. The van der Waals surface area contributed by atoms with E-state index in [9.17, 15) is 0 Å². The number of hydrogen-bond donors (Lipinski definition) is 0. The summed E-state index contributed by atoms with van der Waals surface area (Å²) in [6.45, 7) is 6.93. The summed E-state index contributed by atoms with van der Waals surface area (Å²) in [5.74, 6) is 1.25. The Bertz CT molecular complexity index is 253. The highest BCUT2D eigenvalue weighted by atomic mass is 16.5. The van der Waals surface area contributed by atoms with Crippen molar-refractivity contribution in [3.63, 3.8) is 0 Å². The fraction of sp³-hybridized carbons (Fsp3) is 0.667. The topological polar surface area (TPSA) is 27.1 Å². The van der Waals surface area contributed by atoms with E-state index in [1.807, 2.05) is 20.2 Å². The maximum atomic E-state index is 5.39. The van der Waals surface area contributed by atoms with Gasteiger partial charge in [0, 0.05) is 18.8 Å². The second-order valence-corrected chi connectivity index (χ2v) is 3.15. The van der Waals surface area contributed by atoms with Gasteiger partial charge in [0.25, 0.3) is 0 Å². The lowest BCUT2D eigenvalue weighted by Crippen LogP contribution is -1.96. The number of rotatable bonds is 3. The molecule has 0 unspecified atom stereocenters. The Hall–Kier alpha value is -0.990. The number of hydrogen-bond acceptors (Lipinski definition) is 2. The zero-order valence-corrected chi connectivity index (χ0v) is 8.16. The molecule has 0 amide bonds. The summed E-state index contributed by atoms with van der Waals surface area (Å²) in [6.07, 6.45) is 2.01. The number of aryl methyl sites for hydroxylation is 1. The highest BCUT2D eigenvalue weighted by Gasteiger charge is 2.11. The van der Waals surface area contributed by atoms with Crippen LogP contribution < -0.4 is 4.74 Å². The van der Waals surface area contributed by atoms with Gasteiger partial charge in [0.15, 0.2) is 0 Å². The molecule has 0 radical (unpaired) electrons. The third-order valence-electron chi connectivity index (χ3n) is 1.72. The third-order valence-corrected chi connectivity index (χ3v) is 1.72. The Morgan fingerprint density at radius 1 is 1.58 bits per heavy atom. The van der Waals surface area contributed by atoms with E-state index >= 15 is 0 Å². The van der Waals surface area contributed by atoms with E-state index in [1.165, 1.54) is 5.56 Å². The van der Waals surface area contributed by atoms with Crippen LogP contribution in [0.25, 0.3) is 0 Å². The van der Waals surface area contributed by atoms with Crippen LogP contribution >= 0.6 is 0 Å². The van der Waals surface area contributed by atoms with Crippen LogP contribution in [-0.4, -0.2) is 16.4 Å². The molecular formula is C9H16N2O. The molecule has 0 atom stereocenters. The van der Waals surface area contributed by atoms with Gasteiger partial charge in [-0.1, -0.05) is 13.8 Å². The van der Waals surface area contributed by atoms with Crippen LogP contribution in [0.15, 0.2) is 6.20 Å². The number of nitrogens with zero attached hydrogens (tertiary/aromatic N) is 2. The van der Waals surface area contributed by atoms with Gasteiger partial charge in [-0.05, 0) is 12.8 Å². The summed E-state index contributed by atoms with van der Waals surface area (Å²) in [5, 5.41) is 4.22. The predicted molar refractivity (Wildman–Crippen MR) is 48.5 cm³/mol. The van der Waals surface area contributed by atoms with E-state index in [-0.39, 0.29) is 0 Å². The van der Waals surface area contributed by atoms with Crippen LogP contribution in [0.5, 0.6) is 5.88 Å².